The van der Waals surface area contributed by atoms with E-state index in [4.69, 9.17) is 0 Å². The predicted octanol–water partition coefficient (Wildman–Crippen LogP) is 1.63. The number of rotatable bonds is 2. The summed E-state index contributed by atoms with van der Waals surface area (Å²) in [6, 6.07) is 3.99. The van der Waals surface area contributed by atoms with Gasteiger partial charge in [-0.25, -0.2) is 0 Å². The van der Waals surface area contributed by atoms with Gasteiger partial charge in [0.2, 0.25) is 0 Å². The average molecular weight is 288 g/mol. The number of carbonyl (C=O) groups excluding carboxylic acids is 1. The fourth-order valence-electron chi connectivity index (χ4n) is 2.48. The van der Waals surface area contributed by atoms with Crippen LogP contribution in [-0.4, -0.2) is 39.8 Å². The number of carbonyl (C=O) groups is 1. The molecule has 1 amide bonds. The number of aromatic nitrogens is 2. The number of hydrogen-bond donors (Lipinski definition) is 1. The van der Waals surface area contributed by atoms with Gasteiger partial charge in [-0.3, -0.25) is 9.78 Å². The average Bonchev–Trinajstić information content (AvgIpc) is 2.93. The van der Waals surface area contributed by atoms with Crippen molar-refractivity contribution in [2.24, 2.45) is 0 Å². The Kier molecular flexibility index (Phi) is 3.75. The van der Waals surface area contributed by atoms with Gasteiger partial charge in [-0.1, -0.05) is 0 Å². The maximum Gasteiger partial charge on any atom is 0.257 e. The van der Waals surface area contributed by atoms with Gasteiger partial charge in [0.1, 0.15) is 0 Å². The van der Waals surface area contributed by atoms with Crippen LogP contribution in [0, 0.1) is 6.92 Å². The highest BCUT2D eigenvalue weighted by atomic mass is 32.1. The predicted molar refractivity (Wildman–Crippen MR) is 77.7 cm³/mol. The minimum Gasteiger partial charge on any atom is -0.329 e. The Labute approximate surface area is 121 Å². The number of pyridine rings is 1. The zero-order valence-electron chi connectivity index (χ0n) is 11.2. The lowest BCUT2D eigenvalue weighted by atomic mass is 10.0. The summed E-state index contributed by atoms with van der Waals surface area (Å²) in [4.78, 5) is 18.7. The van der Waals surface area contributed by atoms with Crippen LogP contribution in [0.5, 0.6) is 0 Å². The monoisotopic (exact) mass is 288 g/mol. The second-order valence-corrected chi connectivity index (χ2v) is 5.44. The molecule has 5 nitrogen and oxygen atoms in total. The molecule has 2 aromatic rings. The van der Waals surface area contributed by atoms with Crippen LogP contribution in [-0.2, 0) is 0 Å². The third-order valence-corrected chi connectivity index (χ3v) is 4.30. The number of amides is 1. The summed E-state index contributed by atoms with van der Waals surface area (Å²) in [6.45, 7) is 4.19. The summed E-state index contributed by atoms with van der Waals surface area (Å²) in [7, 11) is 0. The van der Waals surface area contributed by atoms with Gasteiger partial charge in [0, 0.05) is 37.4 Å². The number of nitrogens with zero attached hydrogens (tertiary/aromatic N) is 3. The first-order valence-electron chi connectivity index (χ1n) is 6.60. The molecule has 1 fully saturated rings. The van der Waals surface area contributed by atoms with E-state index in [0.717, 1.165) is 29.9 Å². The van der Waals surface area contributed by atoms with Crippen molar-refractivity contribution in [3.05, 3.63) is 46.7 Å². The van der Waals surface area contributed by atoms with Crippen LogP contribution in [0.2, 0.25) is 0 Å². The van der Waals surface area contributed by atoms with Crippen LogP contribution in [0.4, 0.5) is 0 Å². The van der Waals surface area contributed by atoms with Gasteiger partial charge in [-0.05, 0) is 36.2 Å². The second kappa shape index (κ2) is 5.68. The van der Waals surface area contributed by atoms with Gasteiger partial charge in [-0.2, -0.15) is 4.37 Å². The van der Waals surface area contributed by atoms with E-state index in [0.29, 0.717) is 6.54 Å². The third-order valence-electron chi connectivity index (χ3n) is 3.58. The van der Waals surface area contributed by atoms with Crippen LogP contribution in [0.15, 0.2) is 29.9 Å². The molecule has 1 aliphatic heterocycles. The number of hydrogen-bond acceptors (Lipinski definition) is 5. The topological polar surface area (TPSA) is 58.1 Å². The summed E-state index contributed by atoms with van der Waals surface area (Å²) in [5.74, 6) is 0.0690. The molecule has 0 bridgehead atoms. The van der Waals surface area contributed by atoms with Gasteiger partial charge in [0.15, 0.2) is 0 Å². The molecule has 6 heteroatoms. The highest BCUT2D eigenvalue weighted by molar-refractivity contribution is 7.03. The summed E-state index contributed by atoms with van der Waals surface area (Å²) in [5.41, 5.74) is 2.64. The quantitative estimate of drug-likeness (QED) is 0.912. The lowest BCUT2D eigenvalue weighted by Gasteiger charge is -2.36. The van der Waals surface area contributed by atoms with Gasteiger partial charge in [0.25, 0.3) is 5.91 Å². The van der Waals surface area contributed by atoms with E-state index in [1.807, 2.05) is 29.3 Å². The van der Waals surface area contributed by atoms with E-state index in [-0.39, 0.29) is 11.9 Å². The molecule has 0 saturated carbocycles. The molecule has 0 aromatic carbocycles. The molecule has 1 unspecified atom stereocenters. The smallest absolute Gasteiger partial charge is 0.257 e. The van der Waals surface area contributed by atoms with Crippen LogP contribution >= 0.6 is 11.5 Å². The minimum atomic E-state index is 0.0542. The van der Waals surface area contributed by atoms with Crippen molar-refractivity contribution in [3.63, 3.8) is 0 Å². The first-order chi connectivity index (χ1) is 9.77. The summed E-state index contributed by atoms with van der Waals surface area (Å²) in [6.07, 6.45) is 3.54. The Morgan fingerprint density at radius 1 is 1.45 bits per heavy atom. The molecule has 20 heavy (non-hydrogen) atoms. The lowest BCUT2D eigenvalue weighted by Crippen LogP contribution is -2.48. The van der Waals surface area contributed by atoms with E-state index in [9.17, 15) is 4.79 Å². The normalized spacial score (nSPS) is 19.1. The molecule has 0 spiro atoms. The van der Waals surface area contributed by atoms with Crippen LogP contribution < -0.4 is 5.32 Å². The number of nitrogens with one attached hydrogen (secondary N) is 1. The molecule has 1 aliphatic rings. The van der Waals surface area contributed by atoms with Crippen molar-refractivity contribution in [3.8, 4) is 0 Å². The summed E-state index contributed by atoms with van der Waals surface area (Å²) in [5, 5.41) is 5.19. The zero-order valence-corrected chi connectivity index (χ0v) is 12.1. The fourth-order valence-corrected chi connectivity index (χ4v) is 3.17. The van der Waals surface area contributed by atoms with E-state index in [1.165, 1.54) is 11.5 Å². The lowest BCUT2D eigenvalue weighted by molar-refractivity contribution is 0.0634. The van der Waals surface area contributed by atoms with Crippen molar-refractivity contribution in [1.29, 1.82) is 0 Å². The molecule has 0 radical (unpaired) electrons. The maximum atomic E-state index is 12.7. The van der Waals surface area contributed by atoms with Crippen LogP contribution in [0.25, 0.3) is 0 Å². The van der Waals surface area contributed by atoms with Crippen LogP contribution in [0.3, 0.4) is 0 Å². The van der Waals surface area contributed by atoms with Crippen LogP contribution in [0.1, 0.15) is 27.7 Å². The van der Waals surface area contributed by atoms with E-state index < -0.39 is 0 Å². The first kappa shape index (κ1) is 13.2. The molecule has 104 valence electrons. The summed E-state index contributed by atoms with van der Waals surface area (Å²) >= 11 is 1.33. The number of aryl methyl sites for hydroxylation is 1. The van der Waals surface area contributed by atoms with Crippen molar-refractivity contribution in [2.45, 2.75) is 13.0 Å². The molecule has 3 heterocycles. The van der Waals surface area contributed by atoms with Gasteiger partial charge in [0.05, 0.1) is 17.3 Å². The van der Waals surface area contributed by atoms with Gasteiger partial charge >= 0.3 is 0 Å². The fraction of sp³-hybridized carbons (Fsp3) is 0.357. The maximum absolute atomic E-state index is 12.7. The highest BCUT2D eigenvalue weighted by Crippen LogP contribution is 2.24. The minimum absolute atomic E-state index is 0.0542. The summed E-state index contributed by atoms with van der Waals surface area (Å²) < 4.78 is 4.20. The zero-order chi connectivity index (χ0) is 13.9. The number of piperazine rings is 1. The molecule has 1 saturated heterocycles. The Bertz CT molecular complexity index is 598. The Hall–Kier alpha value is -1.79. The Balaban J connectivity index is 1.90. The largest absolute Gasteiger partial charge is 0.329 e. The molecule has 1 atom stereocenters. The standard InChI is InChI=1S/C14H16N4OS/c1-10-12(9-20-17-10)14(19)18-7-6-16-8-13(18)11-2-4-15-5-3-11/h2-5,9,13,16H,6-8H2,1H3. The van der Waals surface area contributed by atoms with Gasteiger partial charge in [-0.15, -0.1) is 0 Å². The molecule has 3 rings (SSSR count). The van der Waals surface area contributed by atoms with Crippen molar-refractivity contribution in [1.82, 2.24) is 19.6 Å². The van der Waals surface area contributed by atoms with E-state index in [1.54, 1.807) is 12.4 Å². The SMILES string of the molecule is Cc1nscc1C(=O)N1CCNCC1c1ccncc1. The molecular formula is C14H16N4OS. The highest BCUT2D eigenvalue weighted by Gasteiger charge is 2.29. The Morgan fingerprint density at radius 2 is 2.25 bits per heavy atom. The van der Waals surface area contributed by atoms with E-state index in [2.05, 4.69) is 14.7 Å². The van der Waals surface area contributed by atoms with Crippen molar-refractivity contribution >= 4 is 17.4 Å². The molecule has 2 aromatic heterocycles. The van der Waals surface area contributed by atoms with E-state index >= 15 is 0 Å². The second-order valence-electron chi connectivity index (χ2n) is 4.81. The van der Waals surface area contributed by atoms with Gasteiger partial charge < -0.3 is 10.2 Å². The van der Waals surface area contributed by atoms with Crippen molar-refractivity contribution < 1.29 is 4.79 Å². The first-order valence-corrected chi connectivity index (χ1v) is 7.43. The molecular weight excluding hydrogens is 272 g/mol. The van der Waals surface area contributed by atoms with Crippen molar-refractivity contribution in [2.75, 3.05) is 19.6 Å². The molecule has 0 aliphatic carbocycles. The molecule has 1 N–H and O–H groups in total. The third kappa shape index (κ3) is 2.44. The Morgan fingerprint density at radius 3 is 2.95 bits per heavy atom.